The molecule has 162 valence electrons. The van der Waals surface area contributed by atoms with E-state index in [4.69, 9.17) is 17.3 Å². The maximum absolute atomic E-state index is 13.2. The van der Waals surface area contributed by atoms with Gasteiger partial charge in [0.05, 0.1) is 5.56 Å². The van der Waals surface area contributed by atoms with Crippen molar-refractivity contribution in [1.29, 1.82) is 0 Å². The van der Waals surface area contributed by atoms with Crippen molar-refractivity contribution in [2.75, 3.05) is 11.9 Å². The highest BCUT2D eigenvalue weighted by atomic mass is 35.5. The van der Waals surface area contributed by atoms with E-state index in [1.54, 1.807) is 31.2 Å². The molecule has 1 aromatic carbocycles. The first-order valence-electron chi connectivity index (χ1n) is 9.91. The molecule has 31 heavy (non-hydrogen) atoms. The molecule has 2 aliphatic rings. The van der Waals surface area contributed by atoms with E-state index >= 15 is 0 Å². The van der Waals surface area contributed by atoms with E-state index in [1.165, 1.54) is 11.3 Å². The van der Waals surface area contributed by atoms with Gasteiger partial charge >= 0.3 is 6.03 Å². The average molecular weight is 461 g/mol. The third-order valence-corrected chi connectivity index (χ3v) is 7.19. The third kappa shape index (κ3) is 3.57. The lowest BCUT2D eigenvalue weighted by atomic mass is 9.87. The summed E-state index contributed by atoms with van der Waals surface area (Å²) in [5, 5.41) is 6.19. The van der Waals surface area contributed by atoms with Gasteiger partial charge < -0.3 is 16.4 Å². The van der Waals surface area contributed by atoms with Crippen molar-refractivity contribution in [2.24, 2.45) is 5.73 Å². The fraction of sp³-hybridized carbons (Fsp3) is 0.333. The molecule has 2 aromatic rings. The van der Waals surface area contributed by atoms with Crippen molar-refractivity contribution in [1.82, 2.24) is 10.2 Å². The van der Waals surface area contributed by atoms with E-state index < -0.39 is 35.8 Å². The van der Waals surface area contributed by atoms with Crippen LogP contribution < -0.4 is 16.4 Å². The molecule has 0 radical (unpaired) electrons. The highest BCUT2D eigenvalue weighted by Crippen LogP contribution is 2.39. The summed E-state index contributed by atoms with van der Waals surface area (Å²) in [4.78, 5) is 52.3. The monoisotopic (exact) mass is 460 g/mol. The Balaban J connectivity index is 1.55. The van der Waals surface area contributed by atoms with Crippen LogP contribution in [0, 0.1) is 0 Å². The summed E-state index contributed by atoms with van der Waals surface area (Å²) >= 11 is 7.39. The zero-order valence-electron chi connectivity index (χ0n) is 16.8. The van der Waals surface area contributed by atoms with Crippen molar-refractivity contribution >= 4 is 51.7 Å². The fourth-order valence-corrected chi connectivity index (χ4v) is 5.73. The number of nitrogens with zero attached hydrogens (tertiary/aromatic N) is 1. The molecule has 2 heterocycles. The number of hydrogen-bond donors (Lipinski definition) is 3. The summed E-state index contributed by atoms with van der Waals surface area (Å²) in [7, 11) is 0. The van der Waals surface area contributed by atoms with Crippen LogP contribution in [0.1, 0.15) is 46.1 Å². The number of thiophene rings is 1. The molecule has 5 amide bonds. The smallest absolute Gasteiger partial charge is 0.325 e. The SMILES string of the molecule is CCC1(c2cccc(Cl)c2)NC(=O)N(CC(=O)Nc2sc3c(c2C(N)=O)CCC3)C1=O. The van der Waals surface area contributed by atoms with Crippen molar-refractivity contribution < 1.29 is 19.2 Å². The van der Waals surface area contributed by atoms with E-state index in [1.807, 2.05) is 0 Å². The van der Waals surface area contributed by atoms with Crippen LogP contribution in [-0.2, 0) is 28.0 Å². The zero-order chi connectivity index (χ0) is 22.3. The molecule has 0 bridgehead atoms. The van der Waals surface area contributed by atoms with Gasteiger partial charge in [0.25, 0.3) is 11.8 Å². The van der Waals surface area contributed by atoms with Crippen LogP contribution in [0.15, 0.2) is 24.3 Å². The van der Waals surface area contributed by atoms with E-state index in [0.29, 0.717) is 27.6 Å². The summed E-state index contributed by atoms with van der Waals surface area (Å²) in [6.07, 6.45) is 2.81. The van der Waals surface area contributed by atoms with Gasteiger partial charge in [-0.05, 0) is 48.9 Å². The lowest BCUT2D eigenvalue weighted by Crippen LogP contribution is -2.44. The Morgan fingerprint density at radius 1 is 1.32 bits per heavy atom. The normalized spacial score (nSPS) is 20.0. The Kier molecular flexibility index (Phi) is 5.49. The van der Waals surface area contributed by atoms with Gasteiger partial charge in [-0.3, -0.25) is 19.3 Å². The number of primary amides is 1. The maximum atomic E-state index is 13.2. The number of hydrogen-bond acceptors (Lipinski definition) is 5. The van der Waals surface area contributed by atoms with Crippen molar-refractivity contribution in [3.8, 4) is 0 Å². The van der Waals surface area contributed by atoms with Crippen molar-refractivity contribution in [3.63, 3.8) is 0 Å². The minimum absolute atomic E-state index is 0.291. The number of carbonyl (C=O) groups excluding carboxylic acids is 4. The topological polar surface area (TPSA) is 122 Å². The van der Waals surface area contributed by atoms with Crippen LogP contribution in [0.25, 0.3) is 0 Å². The molecule has 8 nitrogen and oxygen atoms in total. The maximum Gasteiger partial charge on any atom is 0.325 e. The molecule has 1 unspecified atom stereocenters. The van der Waals surface area contributed by atoms with Gasteiger partial charge in [-0.1, -0.05) is 30.7 Å². The Bertz CT molecular complexity index is 1110. The lowest BCUT2D eigenvalue weighted by Gasteiger charge is -2.25. The number of nitrogens with one attached hydrogen (secondary N) is 2. The molecule has 0 spiro atoms. The second kappa shape index (κ2) is 7.97. The quantitative estimate of drug-likeness (QED) is 0.573. The van der Waals surface area contributed by atoms with Crippen molar-refractivity contribution in [3.05, 3.63) is 50.9 Å². The summed E-state index contributed by atoms with van der Waals surface area (Å²) < 4.78 is 0. The number of nitrogens with two attached hydrogens (primary N) is 1. The van der Waals surface area contributed by atoms with E-state index in [-0.39, 0.29) is 0 Å². The van der Waals surface area contributed by atoms with Gasteiger partial charge in [-0.2, -0.15) is 0 Å². The molecule has 1 aromatic heterocycles. The highest BCUT2D eigenvalue weighted by Gasteiger charge is 2.51. The number of urea groups is 1. The Labute approximate surface area is 187 Å². The van der Waals surface area contributed by atoms with Crippen LogP contribution >= 0.6 is 22.9 Å². The number of benzene rings is 1. The summed E-state index contributed by atoms with van der Waals surface area (Å²) in [6.45, 7) is 1.29. The van der Waals surface area contributed by atoms with Crippen LogP contribution in [0.3, 0.4) is 0 Å². The summed E-state index contributed by atoms with van der Waals surface area (Å²) in [5.74, 6) is -1.71. The molecule has 4 N–H and O–H groups in total. The van der Waals surface area contributed by atoms with Gasteiger partial charge in [0.2, 0.25) is 5.91 Å². The second-order valence-corrected chi connectivity index (χ2v) is 9.11. The Morgan fingerprint density at radius 2 is 2.10 bits per heavy atom. The summed E-state index contributed by atoms with van der Waals surface area (Å²) in [5.41, 5.74) is 5.99. The zero-order valence-corrected chi connectivity index (χ0v) is 18.4. The van der Waals surface area contributed by atoms with Crippen LogP contribution in [-0.4, -0.2) is 35.2 Å². The van der Waals surface area contributed by atoms with E-state index in [2.05, 4.69) is 10.6 Å². The predicted octanol–water partition coefficient (Wildman–Crippen LogP) is 2.78. The first kappa shape index (κ1) is 21.3. The van der Waals surface area contributed by atoms with Crippen LogP contribution in [0.5, 0.6) is 0 Å². The number of amides is 5. The Morgan fingerprint density at radius 3 is 2.77 bits per heavy atom. The third-order valence-electron chi connectivity index (χ3n) is 5.75. The number of fused-ring (bicyclic) bond motifs is 1. The van der Waals surface area contributed by atoms with Gasteiger partial charge in [0.15, 0.2) is 0 Å². The number of aryl methyl sites for hydroxylation is 1. The molecule has 0 saturated carbocycles. The Hall–Kier alpha value is -2.91. The first-order chi connectivity index (χ1) is 14.8. The van der Waals surface area contributed by atoms with Gasteiger partial charge in [-0.25, -0.2) is 4.79 Å². The molecule has 1 fully saturated rings. The minimum atomic E-state index is -1.29. The number of anilines is 1. The first-order valence-corrected chi connectivity index (χ1v) is 11.1. The molecule has 1 aliphatic carbocycles. The number of carbonyl (C=O) groups is 4. The number of halogens is 1. The second-order valence-electron chi connectivity index (χ2n) is 7.56. The molecule has 1 saturated heterocycles. The molecular weight excluding hydrogens is 440 g/mol. The van der Waals surface area contributed by atoms with E-state index in [9.17, 15) is 19.2 Å². The largest absolute Gasteiger partial charge is 0.365 e. The van der Waals surface area contributed by atoms with E-state index in [0.717, 1.165) is 34.6 Å². The minimum Gasteiger partial charge on any atom is -0.365 e. The highest BCUT2D eigenvalue weighted by molar-refractivity contribution is 7.17. The molecular formula is C21H21ClN4O4S. The van der Waals surface area contributed by atoms with Crippen LogP contribution in [0.4, 0.5) is 9.80 Å². The number of rotatable bonds is 6. The average Bonchev–Trinajstić information content (AvgIpc) is 3.36. The molecule has 10 heteroatoms. The predicted molar refractivity (Wildman–Crippen MR) is 117 cm³/mol. The van der Waals surface area contributed by atoms with Crippen molar-refractivity contribution in [2.45, 2.75) is 38.1 Å². The fourth-order valence-electron chi connectivity index (χ4n) is 4.23. The number of imide groups is 1. The lowest BCUT2D eigenvalue weighted by molar-refractivity contribution is -0.134. The van der Waals surface area contributed by atoms with Gasteiger partial charge in [0.1, 0.15) is 17.1 Å². The summed E-state index contributed by atoms with van der Waals surface area (Å²) in [6, 6.07) is 6.05. The molecule has 1 aliphatic heterocycles. The van der Waals surface area contributed by atoms with Crippen LogP contribution in [0.2, 0.25) is 5.02 Å². The van der Waals surface area contributed by atoms with Gasteiger partial charge in [0, 0.05) is 9.90 Å². The molecule has 4 rings (SSSR count). The van der Waals surface area contributed by atoms with Gasteiger partial charge in [-0.15, -0.1) is 11.3 Å². The molecule has 1 atom stereocenters. The standard InChI is InChI=1S/C21H21ClN4O4S/c1-2-21(11-5-3-6-12(22)9-11)19(29)26(20(30)25-21)10-15(27)24-18-16(17(23)28)13-7-4-8-14(13)31-18/h3,5-6,9H,2,4,7-8,10H2,1H3,(H2,23,28)(H,24,27)(H,25,30).